The number of nitrogens with two attached hydrogens (primary N) is 1. The molecule has 1 aliphatic rings. The molecular weight excluding hydrogens is 192 g/mol. The molecule has 0 spiro atoms. The van der Waals surface area contributed by atoms with Gasteiger partial charge in [-0.05, 0) is 12.8 Å². The first-order chi connectivity index (χ1) is 7.18. The summed E-state index contributed by atoms with van der Waals surface area (Å²) in [5, 5.41) is 12.6. The number of primary amides is 1. The van der Waals surface area contributed by atoms with Gasteiger partial charge in [0.2, 0.25) is 5.91 Å². The van der Waals surface area contributed by atoms with Crippen molar-refractivity contribution in [3.05, 3.63) is 0 Å². The van der Waals surface area contributed by atoms with Crippen molar-refractivity contribution in [2.45, 2.75) is 38.5 Å². The summed E-state index contributed by atoms with van der Waals surface area (Å²) in [6.45, 7) is 1.67. The predicted molar refractivity (Wildman–Crippen MR) is 59.3 cm³/mol. The van der Waals surface area contributed by atoms with Crippen LogP contribution in [0.25, 0.3) is 0 Å². The lowest BCUT2D eigenvalue weighted by Gasteiger charge is -2.35. The lowest BCUT2D eigenvalue weighted by molar-refractivity contribution is -0.117. The molecule has 1 amide bonds. The van der Waals surface area contributed by atoms with Crippen LogP contribution in [0.15, 0.2) is 0 Å². The average Bonchev–Trinajstić information content (AvgIpc) is 2.26. The van der Waals surface area contributed by atoms with Gasteiger partial charge >= 0.3 is 0 Å². The molecular formula is C11H22N2O2. The van der Waals surface area contributed by atoms with Crippen molar-refractivity contribution < 1.29 is 9.90 Å². The van der Waals surface area contributed by atoms with Gasteiger partial charge < -0.3 is 16.2 Å². The molecule has 0 bridgehead atoms. The minimum Gasteiger partial charge on any atom is -0.396 e. The lowest BCUT2D eigenvalue weighted by Crippen LogP contribution is -2.40. The van der Waals surface area contributed by atoms with E-state index in [1.807, 2.05) is 0 Å². The second kappa shape index (κ2) is 6.08. The minimum atomic E-state index is -0.274. The zero-order valence-electron chi connectivity index (χ0n) is 9.30. The van der Waals surface area contributed by atoms with E-state index in [1.165, 1.54) is 19.3 Å². The fourth-order valence-electron chi connectivity index (χ4n) is 2.26. The highest BCUT2D eigenvalue weighted by molar-refractivity contribution is 5.73. The van der Waals surface area contributed by atoms with Gasteiger partial charge in [0.25, 0.3) is 0 Å². The van der Waals surface area contributed by atoms with E-state index < -0.39 is 0 Å². The molecule has 0 heterocycles. The summed E-state index contributed by atoms with van der Waals surface area (Å²) in [4.78, 5) is 10.5. The van der Waals surface area contributed by atoms with Gasteiger partial charge in [0.1, 0.15) is 0 Å². The van der Waals surface area contributed by atoms with Crippen LogP contribution in [0, 0.1) is 5.41 Å². The molecule has 15 heavy (non-hydrogen) atoms. The number of aliphatic hydroxyl groups is 1. The summed E-state index contributed by atoms with van der Waals surface area (Å²) in [5.74, 6) is -0.274. The first-order valence-corrected chi connectivity index (χ1v) is 5.78. The van der Waals surface area contributed by atoms with E-state index in [2.05, 4.69) is 5.32 Å². The van der Waals surface area contributed by atoms with Crippen LogP contribution < -0.4 is 11.1 Å². The first-order valence-electron chi connectivity index (χ1n) is 5.78. The van der Waals surface area contributed by atoms with Crippen LogP contribution >= 0.6 is 0 Å². The molecule has 0 aromatic rings. The zero-order valence-corrected chi connectivity index (χ0v) is 9.30. The molecule has 4 nitrogen and oxygen atoms in total. The molecule has 4 heteroatoms. The normalized spacial score (nSPS) is 20.1. The molecule has 0 aromatic carbocycles. The van der Waals surface area contributed by atoms with Gasteiger partial charge in [0.05, 0.1) is 0 Å². The van der Waals surface area contributed by atoms with Crippen LogP contribution in [0.5, 0.6) is 0 Å². The smallest absolute Gasteiger partial charge is 0.218 e. The van der Waals surface area contributed by atoms with E-state index in [9.17, 15) is 9.90 Å². The minimum absolute atomic E-state index is 0.0515. The Kier molecular flexibility index (Phi) is 5.05. The summed E-state index contributed by atoms with van der Waals surface area (Å²) in [5.41, 5.74) is 5.10. The molecule has 0 unspecified atom stereocenters. The van der Waals surface area contributed by atoms with Crippen molar-refractivity contribution in [2.75, 3.05) is 19.7 Å². The molecule has 0 aromatic heterocycles. The molecule has 88 valence electrons. The summed E-state index contributed by atoms with van der Waals surface area (Å²) in [7, 11) is 0. The Morgan fingerprint density at radius 2 is 2.00 bits per heavy atom. The molecule has 1 rings (SSSR count). The second-order valence-electron chi connectivity index (χ2n) is 4.61. The first kappa shape index (κ1) is 12.5. The van der Waals surface area contributed by atoms with E-state index in [0.29, 0.717) is 13.0 Å². The molecule has 0 saturated heterocycles. The lowest BCUT2D eigenvalue weighted by atomic mass is 9.74. The van der Waals surface area contributed by atoms with E-state index in [-0.39, 0.29) is 17.9 Å². The SMILES string of the molecule is NC(=O)CCNCC1(CO)CCCCC1. The maximum Gasteiger partial charge on any atom is 0.218 e. The molecule has 0 atom stereocenters. The Bertz CT molecular complexity index is 201. The number of aliphatic hydroxyl groups excluding tert-OH is 1. The number of carbonyl (C=O) groups excluding carboxylic acids is 1. The highest BCUT2D eigenvalue weighted by Gasteiger charge is 2.30. The summed E-state index contributed by atoms with van der Waals surface area (Å²) >= 11 is 0. The fourth-order valence-corrected chi connectivity index (χ4v) is 2.26. The van der Waals surface area contributed by atoms with Gasteiger partial charge in [-0.15, -0.1) is 0 Å². The van der Waals surface area contributed by atoms with Crippen LogP contribution in [0.1, 0.15) is 38.5 Å². The van der Waals surface area contributed by atoms with Gasteiger partial charge in [-0.3, -0.25) is 4.79 Å². The van der Waals surface area contributed by atoms with Crippen molar-refractivity contribution in [3.63, 3.8) is 0 Å². The standard InChI is InChI=1S/C11H22N2O2/c12-10(15)4-7-13-8-11(9-14)5-2-1-3-6-11/h13-14H,1-9H2,(H2,12,15). The Hall–Kier alpha value is -0.610. The van der Waals surface area contributed by atoms with Gasteiger partial charge in [0, 0.05) is 31.5 Å². The predicted octanol–water partition coefficient (Wildman–Crippen LogP) is 0.394. The molecule has 4 N–H and O–H groups in total. The zero-order chi connectivity index (χ0) is 11.1. The van der Waals surface area contributed by atoms with Crippen LogP contribution in [0.2, 0.25) is 0 Å². The summed E-state index contributed by atoms with van der Waals surface area (Å²) in [6, 6.07) is 0. The number of carbonyl (C=O) groups is 1. The third kappa shape index (κ3) is 4.18. The summed E-state index contributed by atoms with van der Waals surface area (Å²) in [6.07, 6.45) is 6.25. The van der Waals surface area contributed by atoms with Crippen molar-refractivity contribution in [1.82, 2.24) is 5.32 Å². The highest BCUT2D eigenvalue weighted by atomic mass is 16.3. The molecule has 1 aliphatic carbocycles. The van der Waals surface area contributed by atoms with Crippen LogP contribution in [0.4, 0.5) is 0 Å². The van der Waals surface area contributed by atoms with Gasteiger partial charge in [0.15, 0.2) is 0 Å². The third-order valence-electron chi connectivity index (χ3n) is 3.30. The van der Waals surface area contributed by atoms with E-state index in [1.54, 1.807) is 0 Å². The van der Waals surface area contributed by atoms with Crippen LogP contribution in [-0.2, 0) is 4.79 Å². The Morgan fingerprint density at radius 1 is 1.33 bits per heavy atom. The summed E-state index contributed by atoms with van der Waals surface area (Å²) < 4.78 is 0. The van der Waals surface area contributed by atoms with E-state index in [0.717, 1.165) is 19.4 Å². The van der Waals surface area contributed by atoms with Gasteiger partial charge in [-0.25, -0.2) is 0 Å². The van der Waals surface area contributed by atoms with Crippen molar-refractivity contribution in [3.8, 4) is 0 Å². The maximum absolute atomic E-state index is 10.5. The topological polar surface area (TPSA) is 75.4 Å². The quantitative estimate of drug-likeness (QED) is 0.560. The largest absolute Gasteiger partial charge is 0.396 e. The van der Waals surface area contributed by atoms with Crippen molar-refractivity contribution in [2.24, 2.45) is 11.1 Å². The number of nitrogens with one attached hydrogen (secondary N) is 1. The third-order valence-corrected chi connectivity index (χ3v) is 3.30. The van der Waals surface area contributed by atoms with Crippen molar-refractivity contribution >= 4 is 5.91 Å². The Balaban J connectivity index is 2.23. The van der Waals surface area contributed by atoms with Crippen LogP contribution in [-0.4, -0.2) is 30.7 Å². The Labute approximate surface area is 91.2 Å². The van der Waals surface area contributed by atoms with Crippen LogP contribution in [0.3, 0.4) is 0 Å². The molecule has 0 radical (unpaired) electrons. The monoisotopic (exact) mass is 214 g/mol. The van der Waals surface area contributed by atoms with E-state index in [4.69, 9.17) is 5.73 Å². The average molecular weight is 214 g/mol. The number of hydrogen-bond donors (Lipinski definition) is 3. The van der Waals surface area contributed by atoms with Gasteiger partial charge in [-0.2, -0.15) is 0 Å². The van der Waals surface area contributed by atoms with Gasteiger partial charge in [-0.1, -0.05) is 19.3 Å². The second-order valence-corrected chi connectivity index (χ2v) is 4.61. The van der Waals surface area contributed by atoms with E-state index >= 15 is 0 Å². The maximum atomic E-state index is 10.5. The molecule has 0 aliphatic heterocycles. The fraction of sp³-hybridized carbons (Fsp3) is 0.909. The molecule has 1 saturated carbocycles. The molecule has 1 fully saturated rings. The highest BCUT2D eigenvalue weighted by Crippen LogP contribution is 2.35. The van der Waals surface area contributed by atoms with Crippen molar-refractivity contribution in [1.29, 1.82) is 0 Å². The Morgan fingerprint density at radius 3 is 2.53 bits per heavy atom. The number of rotatable bonds is 6. The number of hydrogen-bond acceptors (Lipinski definition) is 3. The number of amides is 1.